The molecule has 0 spiro atoms. The molecule has 10 heavy (non-hydrogen) atoms. The molecule has 1 unspecified atom stereocenters. The summed E-state index contributed by atoms with van der Waals surface area (Å²) in [6.07, 6.45) is 2.34. The van der Waals surface area contributed by atoms with Gasteiger partial charge < -0.3 is 9.84 Å². The average Bonchev–Trinajstić information content (AvgIpc) is 1.85. The van der Waals surface area contributed by atoms with Crippen LogP contribution in [0.1, 0.15) is 13.3 Å². The maximum Gasteiger partial charge on any atom is 0.329 e. The van der Waals surface area contributed by atoms with Gasteiger partial charge in [-0.1, -0.05) is 6.08 Å². The van der Waals surface area contributed by atoms with Crippen LogP contribution in [-0.4, -0.2) is 23.8 Å². The number of carboxylic acids is 1. The number of hydrogen-bond acceptors (Lipinski definition) is 2. The van der Waals surface area contributed by atoms with Crippen molar-refractivity contribution in [3.63, 3.8) is 0 Å². The number of carboxylic acid groups (broad SMARTS) is 1. The predicted molar refractivity (Wildman–Crippen MR) is 37.9 cm³/mol. The summed E-state index contributed by atoms with van der Waals surface area (Å²) < 4.78 is 4.87. The Morgan fingerprint density at radius 1 is 1.90 bits per heavy atom. The Hall–Kier alpha value is -0.830. The number of rotatable bonds is 5. The highest BCUT2D eigenvalue weighted by Crippen LogP contribution is 1.96. The maximum atomic E-state index is 9.96. The second-order valence-electron chi connectivity index (χ2n) is 2.04. The van der Waals surface area contributed by atoms with Gasteiger partial charge in [-0.15, -0.1) is 6.58 Å². The molecule has 0 aromatic carbocycles. The molecule has 1 N–H and O–H groups in total. The first-order valence-corrected chi connectivity index (χ1v) is 3.11. The van der Waals surface area contributed by atoms with Gasteiger partial charge in [0.2, 0.25) is 0 Å². The van der Waals surface area contributed by atoms with E-state index in [1.165, 1.54) is 0 Å². The lowest BCUT2D eigenvalue weighted by Gasteiger charge is -2.06. The summed E-state index contributed by atoms with van der Waals surface area (Å²) in [6, 6.07) is 0. The Kier molecular flexibility index (Phi) is 4.58. The number of aliphatic carboxylic acids is 1. The molecule has 0 aliphatic carbocycles. The van der Waals surface area contributed by atoms with E-state index in [1.54, 1.807) is 6.08 Å². The molecule has 0 aliphatic heterocycles. The zero-order valence-corrected chi connectivity index (χ0v) is 6.04. The van der Waals surface area contributed by atoms with E-state index in [0.29, 0.717) is 6.42 Å². The minimum Gasteiger partial charge on any atom is -0.480 e. The third-order valence-electron chi connectivity index (χ3n) is 0.990. The number of ether oxygens (including phenoxy) is 1. The van der Waals surface area contributed by atoms with E-state index in [1.807, 2.05) is 6.92 Å². The molecular weight excluding hydrogens is 132 g/mol. The van der Waals surface area contributed by atoms with Gasteiger partial charge in [0.15, 0.2) is 0 Å². The van der Waals surface area contributed by atoms with Gasteiger partial charge in [-0.2, -0.15) is 0 Å². The fourth-order valence-corrected chi connectivity index (χ4v) is 0.516. The van der Waals surface area contributed by atoms with Gasteiger partial charge in [0.25, 0.3) is 0 Å². The fraction of sp³-hybridized carbons (Fsp3) is 0.571. The largest absolute Gasteiger partial charge is 0.480 e. The van der Waals surface area contributed by atoms with Crippen LogP contribution >= 0.6 is 0 Å². The molecule has 1 atom stereocenters. The molecule has 0 bridgehead atoms. The van der Waals surface area contributed by atoms with E-state index in [4.69, 9.17) is 9.84 Å². The predicted octanol–water partition coefficient (Wildman–Crippen LogP) is 1.05. The first-order valence-electron chi connectivity index (χ1n) is 3.11. The lowest BCUT2D eigenvalue weighted by molar-refractivity contribution is -0.143. The Bertz CT molecular complexity index is 120. The first-order chi connectivity index (χ1) is 4.66. The van der Waals surface area contributed by atoms with Crippen molar-refractivity contribution >= 4 is 5.97 Å². The van der Waals surface area contributed by atoms with E-state index in [9.17, 15) is 4.79 Å². The van der Waals surface area contributed by atoms with Crippen molar-refractivity contribution in [2.75, 3.05) is 6.61 Å². The third-order valence-corrected chi connectivity index (χ3v) is 0.990. The fourth-order valence-electron chi connectivity index (χ4n) is 0.516. The highest BCUT2D eigenvalue weighted by molar-refractivity contribution is 5.68. The van der Waals surface area contributed by atoms with Crippen LogP contribution in [0.4, 0.5) is 0 Å². The Labute approximate surface area is 60.3 Å². The zero-order chi connectivity index (χ0) is 7.98. The van der Waals surface area contributed by atoms with Crippen LogP contribution in [0, 0.1) is 0 Å². The van der Waals surface area contributed by atoms with Crippen LogP contribution < -0.4 is 0 Å². The number of hydrogen-bond donors (Lipinski definition) is 1. The van der Waals surface area contributed by atoms with Crippen molar-refractivity contribution in [2.45, 2.75) is 19.4 Å². The van der Waals surface area contributed by atoms with Gasteiger partial charge in [0.1, 0.15) is 6.61 Å². The summed E-state index contributed by atoms with van der Waals surface area (Å²) >= 11 is 0. The van der Waals surface area contributed by atoms with Gasteiger partial charge in [0, 0.05) is 0 Å². The lowest BCUT2D eigenvalue weighted by atomic mass is 10.3. The number of carbonyl (C=O) groups is 1. The molecule has 3 nitrogen and oxygen atoms in total. The first kappa shape index (κ1) is 9.17. The molecule has 0 aromatic heterocycles. The topological polar surface area (TPSA) is 46.5 Å². The summed E-state index contributed by atoms with van der Waals surface area (Å²) in [7, 11) is 0. The normalized spacial score (nSPS) is 12.5. The molecule has 0 saturated carbocycles. The van der Waals surface area contributed by atoms with E-state index in [2.05, 4.69) is 6.58 Å². The summed E-state index contributed by atoms with van der Waals surface area (Å²) in [5.74, 6) is -0.934. The summed E-state index contributed by atoms with van der Waals surface area (Å²) in [5, 5.41) is 8.18. The van der Waals surface area contributed by atoms with Crippen LogP contribution in [0.15, 0.2) is 12.7 Å². The van der Waals surface area contributed by atoms with Gasteiger partial charge in [-0.25, -0.2) is 4.79 Å². The molecule has 0 rings (SSSR count). The smallest absolute Gasteiger partial charge is 0.329 e. The van der Waals surface area contributed by atoms with Crippen molar-refractivity contribution in [1.82, 2.24) is 0 Å². The summed E-state index contributed by atoms with van der Waals surface area (Å²) in [5.41, 5.74) is 0. The monoisotopic (exact) mass is 144 g/mol. The Balaban J connectivity index is 3.29. The molecule has 0 radical (unpaired) electrons. The minimum absolute atomic E-state index is 0.0476. The zero-order valence-electron chi connectivity index (χ0n) is 6.04. The molecule has 3 heteroatoms. The molecular formula is C7H12O3. The van der Waals surface area contributed by atoms with Crippen LogP contribution in [0.25, 0.3) is 0 Å². The van der Waals surface area contributed by atoms with Gasteiger partial charge in [-0.3, -0.25) is 0 Å². The highest BCUT2D eigenvalue weighted by Gasteiger charge is 2.01. The highest BCUT2D eigenvalue weighted by atomic mass is 16.5. The minimum atomic E-state index is -0.934. The van der Waals surface area contributed by atoms with Crippen LogP contribution in [0.3, 0.4) is 0 Å². The Morgan fingerprint density at radius 3 is 2.90 bits per heavy atom. The quantitative estimate of drug-likeness (QED) is 0.587. The average molecular weight is 144 g/mol. The van der Waals surface area contributed by atoms with E-state index in [0.717, 1.165) is 0 Å². The third kappa shape index (κ3) is 5.31. The standard InChI is InChI=1S/C7H12O3/c1-3-4-6(2)10-5-7(8)9/h3,6H,1,4-5H2,2H3,(H,8,9). The van der Waals surface area contributed by atoms with E-state index in [-0.39, 0.29) is 12.7 Å². The molecule has 58 valence electrons. The summed E-state index contributed by atoms with van der Waals surface area (Å²) in [4.78, 5) is 9.96. The molecule has 0 fully saturated rings. The molecule has 0 aliphatic rings. The van der Waals surface area contributed by atoms with E-state index >= 15 is 0 Å². The van der Waals surface area contributed by atoms with Gasteiger partial charge in [0.05, 0.1) is 6.10 Å². The van der Waals surface area contributed by atoms with Crippen LogP contribution in [0.5, 0.6) is 0 Å². The van der Waals surface area contributed by atoms with E-state index < -0.39 is 5.97 Å². The van der Waals surface area contributed by atoms with Gasteiger partial charge >= 0.3 is 5.97 Å². The van der Waals surface area contributed by atoms with Crippen LogP contribution in [-0.2, 0) is 9.53 Å². The maximum absolute atomic E-state index is 9.96. The molecule has 0 amide bonds. The Morgan fingerprint density at radius 2 is 2.50 bits per heavy atom. The molecule has 0 heterocycles. The molecule has 0 aromatic rings. The van der Waals surface area contributed by atoms with Crippen molar-refractivity contribution in [3.8, 4) is 0 Å². The van der Waals surface area contributed by atoms with Gasteiger partial charge in [-0.05, 0) is 13.3 Å². The van der Waals surface area contributed by atoms with Crippen molar-refractivity contribution in [1.29, 1.82) is 0 Å². The van der Waals surface area contributed by atoms with Crippen molar-refractivity contribution in [3.05, 3.63) is 12.7 Å². The SMILES string of the molecule is C=CCC(C)OCC(=O)O. The second-order valence-corrected chi connectivity index (χ2v) is 2.04. The van der Waals surface area contributed by atoms with Crippen LogP contribution in [0.2, 0.25) is 0 Å². The lowest BCUT2D eigenvalue weighted by Crippen LogP contribution is -2.14. The van der Waals surface area contributed by atoms with Crippen molar-refractivity contribution in [2.24, 2.45) is 0 Å². The van der Waals surface area contributed by atoms with Crippen molar-refractivity contribution < 1.29 is 14.6 Å². The molecule has 0 saturated heterocycles. The summed E-state index contributed by atoms with van der Waals surface area (Å²) in [6.45, 7) is 5.08. The second kappa shape index (κ2) is 4.99.